The first kappa shape index (κ1) is 75.8. The van der Waals surface area contributed by atoms with E-state index in [4.69, 9.17) is 28.4 Å². The van der Waals surface area contributed by atoms with E-state index in [0.717, 1.165) is 64.2 Å². The van der Waals surface area contributed by atoms with E-state index >= 15 is 0 Å². The number of unbranched alkanes of at least 4 members (excludes halogenated alkanes) is 33. The quantitative estimate of drug-likeness (QED) is 0.0205. The SMILES string of the molecule is CCCCC/C=C\CCCCCCCC(=O)NC(COC1OC(CO)C(OC2OC(CO)C(OC3OC(CO)C(O)C(O)C3O)C(O)C2O)C(O)C1O)C(O)CCCCCCCCCCCCCCCCCCCCCCCCCCCC. The van der Waals surface area contributed by atoms with Gasteiger partial charge in [-0.25, -0.2) is 0 Å². The van der Waals surface area contributed by atoms with Gasteiger partial charge in [0.15, 0.2) is 18.9 Å². The van der Waals surface area contributed by atoms with Gasteiger partial charge in [-0.1, -0.05) is 225 Å². The van der Waals surface area contributed by atoms with Gasteiger partial charge < -0.3 is 89.9 Å². The maximum atomic E-state index is 13.3. The Morgan fingerprint density at radius 1 is 0.422 bits per heavy atom. The first-order valence-electron chi connectivity index (χ1n) is 33.4. The smallest absolute Gasteiger partial charge is 0.220 e. The summed E-state index contributed by atoms with van der Waals surface area (Å²) in [5.41, 5.74) is 0. The van der Waals surface area contributed by atoms with Crippen LogP contribution < -0.4 is 5.32 Å². The minimum atomic E-state index is -1.97. The average molecular weight is 1190 g/mol. The third-order valence-corrected chi connectivity index (χ3v) is 17.1. The summed E-state index contributed by atoms with van der Waals surface area (Å²) in [6.07, 6.45) is 23.1. The van der Waals surface area contributed by atoms with E-state index in [0.29, 0.717) is 12.8 Å². The summed E-state index contributed by atoms with van der Waals surface area (Å²) in [5, 5.41) is 120. The highest BCUT2D eigenvalue weighted by atomic mass is 16.8. The zero-order valence-electron chi connectivity index (χ0n) is 51.4. The number of hydrogen-bond donors (Lipinski definition) is 12. The van der Waals surface area contributed by atoms with Gasteiger partial charge >= 0.3 is 0 Å². The number of aliphatic hydroxyl groups is 11. The molecule has 1 amide bonds. The van der Waals surface area contributed by atoms with Gasteiger partial charge in [0.25, 0.3) is 0 Å². The molecule has 0 spiro atoms. The van der Waals surface area contributed by atoms with E-state index in [-0.39, 0.29) is 18.9 Å². The van der Waals surface area contributed by atoms with Crippen molar-refractivity contribution in [2.24, 2.45) is 0 Å². The zero-order valence-corrected chi connectivity index (χ0v) is 51.4. The Hall–Kier alpha value is -1.47. The molecule has 0 aliphatic carbocycles. The molecule has 3 heterocycles. The molecule has 83 heavy (non-hydrogen) atoms. The summed E-state index contributed by atoms with van der Waals surface area (Å²) >= 11 is 0. The molecule has 490 valence electrons. The van der Waals surface area contributed by atoms with Crippen molar-refractivity contribution >= 4 is 5.91 Å². The van der Waals surface area contributed by atoms with Crippen molar-refractivity contribution in [2.45, 2.75) is 362 Å². The Balaban J connectivity index is 1.41. The Labute approximate surface area is 499 Å². The van der Waals surface area contributed by atoms with Gasteiger partial charge in [0.1, 0.15) is 73.2 Å². The van der Waals surface area contributed by atoms with E-state index in [1.165, 1.54) is 161 Å². The van der Waals surface area contributed by atoms with Gasteiger partial charge in [0.2, 0.25) is 5.91 Å². The molecule has 0 aromatic carbocycles. The number of rotatable bonds is 51. The molecule has 0 bridgehead atoms. The van der Waals surface area contributed by atoms with Crippen LogP contribution >= 0.6 is 0 Å². The van der Waals surface area contributed by atoms with Crippen molar-refractivity contribution in [3.63, 3.8) is 0 Å². The van der Waals surface area contributed by atoms with Crippen molar-refractivity contribution in [1.29, 1.82) is 0 Å². The minimum absolute atomic E-state index is 0.250. The summed E-state index contributed by atoms with van der Waals surface area (Å²) in [6.45, 7) is 1.78. The highest BCUT2D eigenvalue weighted by molar-refractivity contribution is 5.76. The normalized spacial score (nSPS) is 29.4. The second kappa shape index (κ2) is 47.5. The molecule has 12 N–H and O–H groups in total. The predicted octanol–water partition coefficient (Wildman–Crippen LogP) is 7.72. The molecule has 17 unspecified atom stereocenters. The van der Waals surface area contributed by atoms with E-state index in [9.17, 15) is 61.0 Å². The summed E-state index contributed by atoms with van der Waals surface area (Å²) in [7, 11) is 0. The molecule has 3 fully saturated rings. The fourth-order valence-corrected chi connectivity index (χ4v) is 11.6. The summed E-state index contributed by atoms with van der Waals surface area (Å²) < 4.78 is 34.3. The van der Waals surface area contributed by atoms with E-state index in [2.05, 4.69) is 31.3 Å². The first-order chi connectivity index (χ1) is 40.3. The van der Waals surface area contributed by atoms with Crippen LogP contribution in [0.3, 0.4) is 0 Å². The molecule has 0 aromatic heterocycles. The predicted molar refractivity (Wildman–Crippen MR) is 319 cm³/mol. The van der Waals surface area contributed by atoms with Gasteiger partial charge in [-0.2, -0.15) is 0 Å². The van der Waals surface area contributed by atoms with Crippen LogP contribution in [0.1, 0.15) is 258 Å². The Morgan fingerprint density at radius 2 is 0.759 bits per heavy atom. The van der Waals surface area contributed by atoms with Crippen LogP contribution in [0.2, 0.25) is 0 Å². The lowest BCUT2D eigenvalue weighted by atomic mass is 9.96. The number of carbonyl (C=O) groups excluding carboxylic acids is 1. The molecule has 17 atom stereocenters. The van der Waals surface area contributed by atoms with Crippen LogP contribution in [0, 0.1) is 0 Å². The van der Waals surface area contributed by atoms with Gasteiger partial charge in [-0.3, -0.25) is 4.79 Å². The van der Waals surface area contributed by atoms with Crippen LogP contribution in [0.25, 0.3) is 0 Å². The Morgan fingerprint density at radius 3 is 1.19 bits per heavy atom. The second-order valence-corrected chi connectivity index (χ2v) is 24.3. The van der Waals surface area contributed by atoms with Gasteiger partial charge in [-0.05, 0) is 38.5 Å². The number of amides is 1. The van der Waals surface area contributed by atoms with Crippen LogP contribution in [0.4, 0.5) is 0 Å². The Kier molecular flexibility index (Phi) is 43.4. The minimum Gasteiger partial charge on any atom is -0.394 e. The topological polar surface area (TPSA) is 307 Å². The van der Waals surface area contributed by atoms with Gasteiger partial charge in [0.05, 0.1) is 38.6 Å². The molecule has 3 rings (SSSR count). The molecular weight excluding hydrogens is 1070 g/mol. The zero-order chi connectivity index (χ0) is 60.5. The fourth-order valence-electron chi connectivity index (χ4n) is 11.6. The van der Waals surface area contributed by atoms with Crippen LogP contribution in [-0.4, -0.2) is 193 Å². The lowest BCUT2D eigenvalue weighted by Crippen LogP contribution is -2.66. The molecule has 3 aliphatic heterocycles. The van der Waals surface area contributed by atoms with E-state index in [1.54, 1.807) is 0 Å². The highest BCUT2D eigenvalue weighted by Gasteiger charge is 2.53. The molecule has 0 aromatic rings. The Bertz CT molecular complexity index is 1560. The average Bonchev–Trinajstić information content (AvgIpc) is 3.26. The number of hydrogen-bond acceptors (Lipinski definition) is 18. The lowest BCUT2D eigenvalue weighted by molar-refractivity contribution is -0.379. The lowest BCUT2D eigenvalue weighted by Gasteiger charge is -2.48. The largest absolute Gasteiger partial charge is 0.394 e. The maximum absolute atomic E-state index is 13.3. The summed E-state index contributed by atoms with van der Waals surface area (Å²) in [6, 6.07) is -0.888. The first-order valence-corrected chi connectivity index (χ1v) is 33.4. The highest BCUT2D eigenvalue weighted by Crippen LogP contribution is 2.33. The molecule has 0 saturated carbocycles. The van der Waals surface area contributed by atoms with Crippen molar-refractivity contribution in [2.75, 3.05) is 26.4 Å². The fraction of sp³-hybridized carbons (Fsp3) is 0.953. The van der Waals surface area contributed by atoms with Crippen molar-refractivity contribution in [3.8, 4) is 0 Å². The number of ether oxygens (including phenoxy) is 6. The third-order valence-electron chi connectivity index (χ3n) is 17.1. The number of carbonyl (C=O) groups is 1. The summed E-state index contributed by atoms with van der Waals surface area (Å²) in [5.74, 6) is -0.250. The molecule has 19 nitrogen and oxygen atoms in total. The standard InChI is InChI=1S/C64H121NO18/c1-3-5-7-9-11-13-15-17-18-19-20-21-22-23-24-25-26-27-28-29-30-31-33-35-37-39-41-48(69)47(65-52(70)42-40-38-36-34-32-16-14-12-10-8-6-4-2)46-78-62-58(76)55(73)60(50(44-67)80-62)83-64-59(77)56(74)61(51(45-68)81-64)82-63-57(75)54(72)53(71)49(43-66)79-63/h12,14,47-51,53-64,66-69,71-77H,3-11,13,15-46H2,1-2H3,(H,65,70)/b14-12-. The van der Waals surface area contributed by atoms with Crippen LogP contribution in [0.5, 0.6) is 0 Å². The molecular formula is C64H121NO18. The maximum Gasteiger partial charge on any atom is 0.220 e. The number of aliphatic hydroxyl groups excluding tert-OH is 11. The van der Waals surface area contributed by atoms with Crippen molar-refractivity contribution < 1.29 is 89.4 Å². The molecule has 3 aliphatic rings. The van der Waals surface area contributed by atoms with Crippen molar-refractivity contribution in [3.05, 3.63) is 12.2 Å². The third kappa shape index (κ3) is 30.5. The number of allylic oxidation sites excluding steroid dienone is 2. The van der Waals surface area contributed by atoms with Crippen LogP contribution in [-0.2, 0) is 33.2 Å². The molecule has 0 radical (unpaired) electrons. The van der Waals surface area contributed by atoms with Crippen molar-refractivity contribution in [1.82, 2.24) is 5.32 Å². The monoisotopic (exact) mass is 1190 g/mol. The summed E-state index contributed by atoms with van der Waals surface area (Å²) in [4.78, 5) is 13.3. The number of nitrogens with one attached hydrogen (secondary N) is 1. The molecule has 19 heteroatoms. The van der Waals surface area contributed by atoms with Gasteiger partial charge in [0, 0.05) is 6.42 Å². The molecule has 3 saturated heterocycles. The second-order valence-electron chi connectivity index (χ2n) is 24.3. The van der Waals surface area contributed by atoms with Crippen LogP contribution in [0.15, 0.2) is 12.2 Å². The van der Waals surface area contributed by atoms with E-state index < -0.39 is 124 Å². The van der Waals surface area contributed by atoms with Gasteiger partial charge in [-0.15, -0.1) is 0 Å². The van der Waals surface area contributed by atoms with E-state index in [1.807, 2.05) is 0 Å².